The summed E-state index contributed by atoms with van der Waals surface area (Å²) in [5, 5.41) is 7.76. The summed E-state index contributed by atoms with van der Waals surface area (Å²) < 4.78 is 0. The molecule has 1 unspecified atom stereocenters. The third kappa shape index (κ3) is 3.92. The molecule has 0 aromatic heterocycles. The van der Waals surface area contributed by atoms with E-state index in [0.717, 1.165) is 0 Å². The molecule has 0 spiro atoms. The molecule has 0 radical (unpaired) electrons. The van der Waals surface area contributed by atoms with E-state index in [0.29, 0.717) is 0 Å². The van der Waals surface area contributed by atoms with Crippen molar-refractivity contribution in [3.63, 3.8) is 0 Å². The normalized spacial score (nSPS) is 14.0. The molecule has 0 aliphatic heterocycles. The van der Waals surface area contributed by atoms with Gasteiger partial charge in [-0.1, -0.05) is 11.6 Å². The van der Waals surface area contributed by atoms with E-state index in [1.165, 1.54) is 0 Å². The first kappa shape index (κ1) is 4.92. The number of alkyl halides is 1. The molecule has 0 rings (SSSR count). The molecule has 0 fully saturated rings. The Hall–Kier alpha value is -0.0800. The highest BCUT2D eigenvalue weighted by molar-refractivity contribution is 6.26. The van der Waals surface area contributed by atoms with E-state index >= 15 is 0 Å². The van der Waals surface area contributed by atoms with Crippen LogP contribution < -0.4 is 0 Å². The van der Waals surface area contributed by atoms with Gasteiger partial charge >= 0.3 is 0 Å². The molecule has 1 atom stereocenters. The van der Waals surface area contributed by atoms with E-state index < -0.39 is 5.56 Å². The standard InChI is InChI=1S/C2H3ClO2/c3-2(5)1-4/h1-2,5H. The monoisotopic (exact) mass is 94.0 g/mol. The molecule has 2 nitrogen and oxygen atoms in total. The van der Waals surface area contributed by atoms with Gasteiger partial charge < -0.3 is 5.11 Å². The quantitative estimate of drug-likeness (QED) is 0.359. The van der Waals surface area contributed by atoms with Gasteiger partial charge in [-0.3, -0.25) is 4.79 Å². The summed E-state index contributed by atoms with van der Waals surface area (Å²) in [6.45, 7) is 0. The van der Waals surface area contributed by atoms with Gasteiger partial charge in [0.25, 0.3) is 0 Å². The van der Waals surface area contributed by atoms with Crippen molar-refractivity contribution in [2.24, 2.45) is 0 Å². The number of aldehydes is 1. The van der Waals surface area contributed by atoms with Gasteiger partial charge in [-0.2, -0.15) is 0 Å². The first-order valence-corrected chi connectivity index (χ1v) is 1.48. The van der Waals surface area contributed by atoms with Crippen molar-refractivity contribution in [2.75, 3.05) is 0 Å². The highest BCUT2D eigenvalue weighted by Crippen LogP contribution is 1.77. The lowest BCUT2D eigenvalue weighted by Gasteiger charge is -1.76. The van der Waals surface area contributed by atoms with Crippen molar-refractivity contribution < 1.29 is 9.90 Å². The Morgan fingerprint density at radius 1 is 2.00 bits per heavy atom. The van der Waals surface area contributed by atoms with Gasteiger partial charge in [-0.05, 0) is 0 Å². The number of hydrogen-bond acceptors (Lipinski definition) is 2. The summed E-state index contributed by atoms with van der Waals surface area (Å²) in [5.74, 6) is 0. The zero-order valence-corrected chi connectivity index (χ0v) is 3.14. The number of rotatable bonds is 1. The summed E-state index contributed by atoms with van der Waals surface area (Å²) in [5.41, 5.74) is -1.32. The van der Waals surface area contributed by atoms with E-state index in [1.807, 2.05) is 0 Å². The Balaban J connectivity index is 2.83. The number of aliphatic hydroxyl groups excluding tert-OH is 1. The van der Waals surface area contributed by atoms with E-state index in [-0.39, 0.29) is 6.29 Å². The van der Waals surface area contributed by atoms with Gasteiger partial charge in [0, 0.05) is 0 Å². The minimum absolute atomic E-state index is 0.238. The van der Waals surface area contributed by atoms with Gasteiger partial charge in [-0.25, -0.2) is 0 Å². The summed E-state index contributed by atoms with van der Waals surface area (Å²) in [6, 6.07) is 0. The minimum atomic E-state index is -1.32. The lowest BCUT2D eigenvalue weighted by Crippen LogP contribution is -1.93. The van der Waals surface area contributed by atoms with Gasteiger partial charge in [0.15, 0.2) is 11.8 Å². The second kappa shape index (κ2) is 2.18. The van der Waals surface area contributed by atoms with Crippen LogP contribution in [0.25, 0.3) is 0 Å². The Kier molecular flexibility index (Phi) is 2.14. The van der Waals surface area contributed by atoms with Gasteiger partial charge in [0.05, 0.1) is 0 Å². The average molecular weight is 94.5 g/mol. The molecule has 0 saturated carbocycles. The van der Waals surface area contributed by atoms with Crippen LogP contribution in [0.2, 0.25) is 0 Å². The maximum Gasteiger partial charge on any atom is 0.183 e. The molecule has 1 N–H and O–H groups in total. The molecule has 5 heavy (non-hydrogen) atoms. The van der Waals surface area contributed by atoms with Crippen LogP contribution in [0, 0.1) is 0 Å². The van der Waals surface area contributed by atoms with E-state index in [9.17, 15) is 0 Å². The number of hydrogen-bond donors (Lipinski definition) is 1. The highest BCUT2D eigenvalue weighted by atomic mass is 35.5. The van der Waals surface area contributed by atoms with Crippen LogP contribution in [0.15, 0.2) is 0 Å². The molecule has 3 heteroatoms. The Bertz CT molecular complexity index is 34.6. The van der Waals surface area contributed by atoms with E-state index in [2.05, 4.69) is 11.6 Å². The lowest BCUT2D eigenvalue weighted by molar-refractivity contribution is -0.111. The summed E-state index contributed by atoms with van der Waals surface area (Å²) in [7, 11) is 0. The molecular formula is C2H3ClO2. The van der Waals surface area contributed by atoms with Crippen LogP contribution in [-0.2, 0) is 4.79 Å². The molecule has 0 amide bonds. The van der Waals surface area contributed by atoms with Gasteiger partial charge in [0.1, 0.15) is 0 Å². The first-order valence-electron chi connectivity index (χ1n) is 1.05. The summed E-state index contributed by atoms with van der Waals surface area (Å²) >= 11 is 4.65. The largest absolute Gasteiger partial charge is 0.371 e. The molecule has 0 aliphatic rings. The fourth-order valence-corrected chi connectivity index (χ4v) is 0. The van der Waals surface area contributed by atoms with Crippen molar-refractivity contribution in [1.29, 1.82) is 0 Å². The predicted molar refractivity (Wildman–Crippen MR) is 17.9 cm³/mol. The summed E-state index contributed by atoms with van der Waals surface area (Å²) in [6.07, 6.45) is 0.238. The third-order valence-electron chi connectivity index (χ3n) is 0.112. The second-order valence-corrected chi connectivity index (χ2v) is 0.956. The Morgan fingerprint density at radius 2 is 2.20 bits per heavy atom. The fraction of sp³-hybridized carbons (Fsp3) is 0.500. The summed E-state index contributed by atoms with van der Waals surface area (Å²) in [4.78, 5) is 9.12. The van der Waals surface area contributed by atoms with E-state index in [4.69, 9.17) is 9.90 Å². The lowest BCUT2D eigenvalue weighted by atomic mass is 10.8. The fourth-order valence-electron chi connectivity index (χ4n) is 0. The van der Waals surface area contributed by atoms with Gasteiger partial charge in [0.2, 0.25) is 0 Å². The van der Waals surface area contributed by atoms with Crippen molar-refractivity contribution in [1.82, 2.24) is 0 Å². The SMILES string of the molecule is O=CC(O)Cl. The van der Waals surface area contributed by atoms with Crippen molar-refractivity contribution in [2.45, 2.75) is 5.56 Å². The zero-order chi connectivity index (χ0) is 4.28. The number of carbonyl (C=O) groups excluding carboxylic acids is 1. The number of carbonyl (C=O) groups is 1. The Morgan fingerprint density at radius 3 is 2.20 bits per heavy atom. The number of halogens is 1. The third-order valence-corrected chi connectivity index (χ3v) is 0.215. The minimum Gasteiger partial charge on any atom is -0.371 e. The second-order valence-electron chi connectivity index (χ2n) is 0.509. The maximum absolute atomic E-state index is 9.12. The molecule has 0 bridgehead atoms. The van der Waals surface area contributed by atoms with Crippen molar-refractivity contribution in [3.05, 3.63) is 0 Å². The van der Waals surface area contributed by atoms with Crippen molar-refractivity contribution in [3.8, 4) is 0 Å². The van der Waals surface area contributed by atoms with E-state index in [1.54, 1.807) is 0 Å². The molecule has 0 saturated heterocycles. The molecule has 0 aromatic rings. The smallest absolute Gasteiger partial charge is 0.183 e. The zero-order valence-electron chi connectivity index (χ0n) is 2.39. The van der Waals surface area contributed by atoms with Crippen LogP contribution >= 0.6 is 11.6 Å². The number of aliphatic hydroxyl groups is 1. The molecule has 30 valence electrons. The van der Waals surface area contributed by atoms with Crippen LogP contribution in [-0.4, -0.2) is 17.0 Å². The Labute approximate surface area is 34.4 Å². The first-order chi connectivity index (χ1) is 2.27. The average Bonchev–Trinajstić information content (AvgIpc) is 1.38. The van der Waals surface area contributed by atoms with Crippen LogP contribution in [0.1, 0.15) is 0 Å². The van der Waals surface area contributed by atoms with Crippen LogP contribution in [0.5, 0.6) is 0 Å². The molecule has 0 aliphatic carbocycles. The topological polar surface area (TPSA) is 37.3 Å². The highest BCUT2D eigenvalue weighted by Gasteiger charge is 1.85. The predicted octanol–water partition coefficient (Wildman–Crippen LogP) is -0.258. The maximum atomic E-state index is 9.12. The molecule has 0 aromatic carbocycles. The van der Waals surface area contributed by atoms with Crippen LogP contribution in [0.3, 0.4) is 0 Å². The molecule has 0 heterocycles. The van der Waals surface area contributed by atoms with Crippen molar-refractivity contribution >= 4 is 17.9 Å². The molecular weight excluding hydrogens is 91.5 g/mol. The van der Waals surface area contributed by atoms with Gasteiger partial charge in [-0.15, -0.1) is 0 Å². The van der Waals surface area contributed by atoms with Crippen LogP contribution in [0.4, 0.5) is 0 Å².